The molecular weight excluding hydrogens is 326 g/mol. The number of aromatic nitrogens is 1. The number of anilines is 1. The zero-order valence-electron chi connectivity index (χ0n) is 14.3. The first-order valence-corrected chi connectivity index (χ1v) is 8.65. The van der Waals surface area contributed by atoms with Crippen molar-refractivity contribution >= 4 is 38.5 Å². The number of fused-ring (bicyclic) bond motifs is 1. The number of hydrogen-bond donors (Lipinski definition) is 1. The topological polar surface area (TPSA) is 71.5 Å². The summed E-state index contributed by atoms with van der Waals surface area (Å²) >= 11 is 1.40. The summed E-state index contributed by atoms with van der Waals surface area (Å²) in [5.41, 5.74) is 0.549. The van der Waals surface area contributed by atoms with Gasteiger partial charge in [0.25, 0.3) is 0 Å². The molecule has 2 aromatic rings. The second-order valence-electron chi connectivity index (χ2n) is 6.92. The van der Waals surface area contributed by atoms with Gasteiger partial charge in [-0.25, -0.2) is 4.98 Å². The Balaban J connectivity index is 1.72. The van der Waals surface area contributed by atoms with E-state index in [1.165, 1.54) is 11.3 Å². The van der Waals surface area contributed by atoms with Gasteiger partial charge in [0.2, 0.25) is 11.8 Å². The maximum absolute atomic E-state index is 12.5. The van der Waals surface area contributed by atoms with E-state index >= 15 is 0 Å². The molecule has 3 rings (SSSR count). The Morgan fingerprint density at radius 3 is 2.79 bits per heavy atom. The van der Waals surface area contributed by atoms with Crippen LogP contribution in [0.3, 0.4) is 0 Å². The first-order chi connectivity index (χ1) is 11.3. The lowest BCUT2D eigenvalue weighted by molar-refractivity contribution is -0.131. The minimum Gasteiger partial charge on any atom is -0.497 e. The lowest BCUT2D eigenvalue weighted by Crippen LogP contribution is -2.42. The fourth-order valence-corrected chi connectivity index (χ4v) is 3.72. The number of carbonyl (C=O) groups is 2. The van der Waals surface area contributed by atoms with Gasteiger partial charge in [-0.05, 0) is 39.0 Å². The van der Waals surface area contributed by atoms with Crippen molar-refractivity contribution in [3.63, 3.8) is 0 Å². The van der Waals surface area contributed by atoms with E-state index in [0.29, 0.717) is 11.7 Å². The van der Waals surface area contributed by atoms with Crippen LogP contribution in [0.4, 0.5) is 5.13 Å². The van der Waals surface area contributed by atoms with Gasteiger partial charge >= 0.3 is 0 Å². The monoisotopic (exact) mass is 347 g/mol. The Morgan fingerprint density at radius 1 is 1.42 bits per heavy atom. The summed E-state index contributed by atoms with van der Waals surface area (Å²) in [5.74, 6) is 0.294. The van der Waals surface area contributed by atoms with Crippen molar-refractivity contribution in [1.29, 1.82) is 0 Å². The van der Waals surface area contributed by atoms with Crippen LogP contribution in [-0.4, -0.2) is 40.9 Å². The molecule has 1 aliphatic heterocycles. The van der Waals surface area contributed by atoms with E-state index < -0.39 is 0 Å². The van der Waals surface area contributed by atoms with Gasteiger partial charge in [-0.2, -0.15) is 0 Å². The molecule has 1 saturated heterocycles. The molecule has 2 heterocycles. The molecule has 1 fully saturated rings. The highest BCUT2D eigenvalue weighted by Gasteiger charge is 2.39. The number of rotatable bonds is 3. The van der Waals surface area contributed by atoms with Crippen molar-refractivity contribution in [2.24, 2.45) is 5.92 Å². The van der Waals surface area contributed by atoms with Gasteiger partial charge in [0.1, 0.15) is 5.75 Å². The molecule has 1 aromatic carbocycles. The minimum absolute atomic E-state index is 0.0247. The molecule has 1 aliphatic rings. The molecule has 0 aliphatic carbocycles. The number of nitrogens with one attached hydrogen (secondary N) is 1. The highest BCUT2D eigenvalue weighted by Crippen LogP contribution is 2.31. The fraction of sp³-hybridized carbons (Fsp3) is 0.471. The second kappa shape index (κ2) is 6.05. The molecule has 1 atom stereocenters. The van der Waals surface area contributed by atoms with Crippen molar-refractivity contribution in [2.45, 2.75) is 32.7 Å². The number of thiazole rings is 1. The molecular formula is C17H21N3O3S. The summed E-state index contributed by atoms with van der Waals surface area (Å²) in [4.78, 5) is 30.8. The largest absolute Gasteiger partial charge is 0.497 e. The Morgan fingerprint density at radius 2 is 2.17 bits per heavy atom. The van der Waals surface area contributed by atoms with E-state index in [4.69, 9.17) is 4.74 Å². The fourth-order valence-electron chi connectivity index (χ4n) is 2.82. The summed E-state index contributed by atoms with van der Waals surface area (Å²) in [6, 6.07) is 5.59. The van der Waals surface area contributed by atoms with Crippen LogP contribution in [-0.2, 0) is 9.59 Å². The molecule has 128 valence electrons. The number of likely N-dealkylation sites (tertiary alicyclic amines) is 1. The molecule has 0 bridgehead atoms. The summed E-state index contributed by atoms with van der Waals surface area (Å²) in [6.07, 6.45) is 0.252. The smallest absolute Gasteiger partial charge is 0.231 e. The molecule has 1 aromatic heterocycles. The molecule has 1 N–H and O–H groups in total. The maximum atomic E-state index is 12.5. The predicted octanol–water partition coefficient (Wildman–Crippen LogP) is 2.89. The molecule has 0 spiro atoms. The van der Waals surface area contributed by atoms with E-state index in [9.17, 15) is 9.59 Å². The van der Waals surface area contributed by atoms with Gasteiger partial charge in [0.05, 0.1) is 23.2 Å². The number of amides is 2. The third kappa shape index (κ3) is 3.21. The number of benzene rings is 1. The SMILES string of the molecule is COc1ccc2nc(NC(=O)[C@H]3CC(=O)N(C(C)(C)C)C3)sc2c1. The van der Waals surface area contributed by atoms with Gasteiger partial charge in [-0.15, -0.1) is 0 Å². The van der Waals surface area contributed by atoms with Crippen molar-refractivity contribution < 1.29 is 14.3 Å². The van der Waals surface area contributed by atoms with Crippen molar-refractivity contribution in [2.75, 3.05) is 19.0 Å². The predicted molar refractivity (Wildman–Crippen MR) is 94.4 cm³/mol. The zero-order valence-corrected chi connectivity index (χ0v) is 15.1. The van der Waals surface area contributed by atoms with Crippen LogP contribution < -0.4 is 10.1 Å². The van der Waals surface area contributed by atoms with E-state index in [1.807, 2.05) is 39.0 Å². The van der Waals surface area contributed by atoms with Crippen molar-refractivity contribution in [3.8, 4) is 5.75 Å². The van der Waals surface area contributed by atoms with E-state index in [-0.39, 0.29) is 29.7 Å². The number of ether oxygens (including phenoxy) is 1. The lowest BCUT2D eigenvalue weighted by atomic mass is 10.1. The highest BCUT2D eigenvalue weighted by molar-refractivity contribution is 7.22. The number of carbonyl (C=O) groups excluding carboxylic acids is 2. The van der Waals surface area contributed by atoms with Gasteiger partial charge in [0.15, 0.2) is 5.13 Å². The quantitative estimate of drug-likeness (QED) is 0.927. The minimum atomic E-state index is -0.335. The molecule has 2 amide bonds. The average Bonchev–Trinajstić information content (AvgIpc) is 3.08. The van der Waals surface area contributed by atoms with Crippen LogP contribution in [0.1, 0.15) is 27.2 Å². The Hall–Kier alpha value is -2.15. The lowest BCUT2D eigenvalue weighted by Gasteiger charge is -2.31. The average molecular weight is 347 g/mol. The Kier molecular flexibility index (Phi) is 4.21. The normalized spacial score (nSPS) is 18.2. The summed E-state index contributed by atoms with van der Waals surface area (Å²) < 4.78 is 6.15. The molecule has 24 heavy (non-hydrogen) atoms. The number of methoxy groups -OCH3 is 1. The molecule has 6 nitrogen and oxygen atoms in total. The first kappa shape index (κ1) is 16.7. The van der Waals surface area contributed by atoms with Crippen LogP contribution >= 0.6 is 11.3 Å². The van der Waals surface area contributed by atoms with Gasteiger partial charge < -0.3 is 15.0 Å². The van der Waals surface area contributed by atoms with E-state index in [0.717, 1.165) is 16.0 Å². The van der Waals surface area contributed by atoms with E-state index in [2.05, 4.69) is 10.3 Å². The third-order valence-electron chi connectivity index (χ3n) is 4.13. The molecule has 0 saturated carbocycles. The molecule has 0 unspecified atom stereocenters. The van der Waals surface area contributed by atoms with Gasteiger partial charge in [0, 0.05) is 18.5 Å². The maximum Gasteiger partial charge on any atom is 0.231 e. The zero-order chi connectivity index (χ0) is 17.5. The highest BCUT2D eigenvalue weighted by atomic mass is 32.1. The summed E-state index contributed by atoms with van der Waals surface area (Å²) in [7, 11) is 1.61. The number of hydrogen-bond acceptors (Lipinski definition) is 5. The molecule has 0 radical (unpaired) electrons. The van der Waals surface area contributed by atoms with Crippen LogP contribution in [0.5, 0.6) is 5.75 Å². The van der Waals surface area contributed by atoms with Crippen LogP contribution in [0.15, 0.2) is 18.2 Å². The number of nitrogens with zero attached hydrogens (tertiary/aromatic N) is 2. The van der Waals surface area contributed by atoms with Crippen LogP contribution in [0.25, 0.3) is 10.2 Å². The Labute approximate surface area is 144 Å². The first-order valence-electron chi connectivity index (χ1n) is 7.84. The van der Waals surface area contributed by atoms with Gasteiger partial charge in [-0.3, -0.25) is 9.59 Å². The third-order valence-corrected chi connectivity index (χ3v) is 5.06. The van der Waals surface area contributed by atoms with Crippen molar-refractivity contribution in [1.82, 2.24) is 9.88 Å². The van der Waals surface area contributed by atoms with Gasteiger partial charge in [-0.1, -0.05) is 11.3 Å². The van der Waals surface area contributed by atoms with E-state index in [1.54, 1.807) is 12.0 Å². The van der Waals surface area contributed by atoms with Crippen molar-refractivity contribution in [3.05, 3.63) is 18.2 Å². The second-order valence-corrected chi connectivity index (χ2v) is 7.95. The summed E-state index contributed by atoms with van der Waals surface area (Å²) in [6.45, 7) is 6.39. The van der Waals surface area contributed by atoms with Crippen LogP contribution in [0, 0.1) is 5.92 Å². The van der Waals surface area contributed by atoms with Crippen LogP contribution in [0.2, 0.25) is 0 Å². The molecule has 7 heteroatoms. The Bertz CT molecular complexity index is 794. The standard InChI is InChI=1S/C17H21N3O3S/c1-17(2,3)20-9-10(7-14(20)21)15(22)19-16-18-12-6-5-11(23-4)8-13(12)24-16/h5-6,8,10H,7,9H2,1-4H3,(H,18,19,22)/t10-/m0/s1. The summed E-state index contributed by atoms with van der Waals surface area (Å²) in [5, 5.41) is 3.40.